The van der Waals surface area contributed by atoms with E-state index in [1.54, 1.807) is 0 Å². The maximum atomic E-state index is 5.97. The van der Waals surface area contributed by atoms with E-state index < -0.39 is 0 Å². The van der Waals surface area contributed by atoms with E-state index in [1.165, 1.54) is 55.2 Å². The van der Waals surface area contributed by atoms with Crippen molar-refractivity contribution in [1.29, 1.82) is 0 Å². The Morgan fingerprint density at radius 1 is 0.548 bits per heavy atom. The second-order valence-corrected chi connectivity index (χ2v) is 9.16. The molecule has 0 saturated heterocycles. The molecule has 0 aliphatic heterocycles. The fourth-order valence-electron chi connectivity index (χ4n) is 4.72. The lowest BCUT2D eigenvalue weighted by atomic mass is 9.69. The van der Waals surface area contributed by atoms with E-state index in [4.69, 9.17) is 11.5 Å². The lowest BCUT2D eigenvalue weighted by molar-refractivity contribution is 0.243. The van der Waals surface area contributed by atoms with Crippen LogP contribution in [-0.2, 0) is 19.3 Å². The lowest BCUT2D eigenvalue weighted by Gasteiger charge is -2.35. The van der Waals surface area contributed by atoms with Gasteiger partial charge in [-0.3, -0.25) is 0 Å². The van der Waals surface area contributed by atoms with Gasteiger partial charge in [0.05, 0.1) is 0 Å². The summed E-state index contributed by atoms with van der Waals surface area (Å²) in [6, 6.07) is 27.9. The van der Waals surface area contributed by atoms with Gasteiger partial charge >= 0.3 is 0 Å². The van der Waals surface area contributed by atoms with E-state index in [2.05, 4.69) is 61.5 Å². The predicted octanol–water partition coefficient (Wildman–Crippen LogP) is 7.23. The number of benzene rings is 3. The Kier molecular flexibility index (Phi) is 8.58. The summed E-state index contributed by atoms with van der Waals surface area (Å²) >= 11 is 0. The molecule has 0 saturated carbocycles. The topological polar surface area (TPSA) is 52.0 Å². The maximum Gasteiger partial charge on any atom is 0.0314 e. The highest BCUT2D eigenvalue weighted by atomic mass is 14.5. The summed E-state index contributed by atoms with van der Waals surface area (Å²) in [5.74, 6) is 0. The van der Waals surface area contributed by atoms with Gasteiger partial charge in [-0.2, -0.15) is 0 Å². The summed E-state index contributed by atoms with van der Waals surface area (Å²) in [7, 11) is 0. The number of hydrogen-bond acceptors (Lipinski definition) is 2. The minimum atomic E-state index is 0.166. The smallest absolute Gasteiger partial charge is 0.0314 e. The van der Waals surface area contributed by atoms with E-state index in [0.717, 1.165) is 30.6 Å². The van der Waals surface area contributed by atoms with Crippen LogP contribution in [0.1, 0.15) is 62.1 Å². The maximum absolute atomic E-state index is 5.97. The molecule has 0 fully saturated rings. The van der Waals surface area contributed by atoms with Gasteiger partial charge in [0.25, 0.3) is 0 Å². The van der Waals surface area contributed by atoms with Crippen molar-refractivity contribution < 1.29 is 0 Å². The van der Waals surface area contributed by atoms with E-state index >= 15 is 0 Å². The Morgan fingerprint density at radius 3 is 1.48 bits per heavy atom. The first-order chi connectivity index (χ1) is 15.1. The van der Waals surface area contributed by atoms with Crippen molar-refractivity contribution in [3.05, 3.63) is 95.6 Å². The van der Waals surface area contributed by atoms with Crippen LogP contribution in [-0.4, -0.2) is 0 Å². The molecule has 0 bridgehead atoms. The number of rotatable bonds is 12. The van der Waals surface area contributed by atoms with Crippen LogP contribution in [0.25, 0.3) is 0 Å². The molecule has 3 rings (SSSR count). The van der Waals surface area contributed by atoms with Crippen LogP contribution in [0.15, 0.2) is 78.9 Å². The largest absolute Gasteiger partial charge is 0.399 e. The first-order valence-electron chi connectivity index (χ1n) is 11.8. The van der Waals surface area contributed by atoms with Crippen molar-refractivity contribution in [2.75, 3.05) is 11.5 Å². The third kappa shape index (κ3) is 7.47. The number of nitrogens with two attached hydrogens (primary N) is 2. The summed E-state index contributed by atoms with van der Waals surface area (Å²) in [5, 5.41) is 0. The van der Waals surface area contributed by atoms with Crippen LogP contribution in [0, 0.1) is 5.41 Å². The molecule has 0 radical (unpaired) electrons. The van der Waals surface area contributed by atoms with Crippen molar-refractivity contribution in [1.82, 2.24) is 0 Å². The molecule has 0 aliphatic rings. The Balaban J connectivity index is 1.90. The molecule has 0 aromatic heterocycles. The highest BCUT2D eigenvalue weighted by Crippen LogP contribution is 2.38. The third-order valence-electron chi connectivity index (χ3n) is 6.35. The summed E-state index contributed by atoms with van der Waals surface area (Å²) < 4.78 is 0. The van der Waals surface area contributed by atoms with Crippen LogP contribution >= 0.6 is 0 Å². The van der Waals surface area contributed by atoms with Crippen molar-refractivity contribution in [2.45, 2.75) is 64.7 Å². The first kappa shape index (κ1) is 22.9. The van der Waals surface area contributed by atoms with Crippen LogP contribution in [0.3, 0.4) is 0 Å². The van der Waals surface area contributed by atoms with Crippen molar-refractivity contribution in [3.8, 4) is 0 Å². The second kappa shape index (κ2) is 11.6. The molecule has 0 amide bonds. The van der Waals surface area contributed by atoms with Gasteiger partial charge in [-0.1, -0.05) is 93.6 Å². The summed E-state index contributed by atoms with van der Waals surface area (Å²) in [6.07, 6.45) is 11.0. The molecule has 0 aliphatic carbocycles. The fraction of sp³-hybridized carbons (Fsp3) is 0.379. The zero-order valence-corrected chi connectivity index (χ0v) is 19.0. The molecule has 3 aromatic rings. The molecule has 164 valence electrons. The van der Waals surface area contributed by atoms with E-state index in [0.29, 0.717) is 0 Å². The minimum absolute atomic E-state index is 0.166. The normalized spacial score (nSPS) is 11.5. The second-order valence-electron chi connectivity index (χ2n) is 9.16. The molecule has 2 heteroatoms. The fourth-order valence-corrected chi connectivity index (χ4v) is 4.72. The number of nitrogen functional groups attached to an aromatic ring is 2. The molecule has 4 N–H and O–H groups in total. The quantitative estimate of drug-likeness (QED) is 0.243. The number of hydrogen-bond donors (Lipinski definition) is 2. The van der Waals surface area contributed by atoms with Crippen molar-refractivity contribution in [3.63, 3.8) is 0 Å². The molecule has 31 heavy (non-hydrogen) atoms. The van der Waals surface area contributed by atoms with Gasteiger partial charge in [-0.25, -0.2) is 0 Å². The van der Waals surface area contributed by atoms with Crippen molar-refractivity contribution in [2.24, 2.45) is 5.41 Å². The van der Waals surface area contributed by atoms with Gasteiger partial charge in [0, 0.05) is 11.4 Å². The Bertz CT molecular complexity index is 835. The van der Waals surface area contributed by atoms with Crippen molar-refractivity contribution >= 4 is 11.4 Å². The molecule has 3 aromatic carbocycles. The summed E-state index contributed by atoms with van der Waals surface area (Å²) in [5.41, 5.74) is 17.9. The number of anilines is 2. The average molecular weight is 415 g/mol. The summed E-state index contributed by atoms with van der Waals surface area (Å²) in [4.78, 5) is 0. The highest BCUT2D eigenvalue weighted by molar-refractivity contribution is 5.41. The lowest BCUT2D eigenvalue weighted by Crippen LogP contribution is -2.30. The van der Waals surface area contributed by atoms with E-state index in [-0.39, 0.29) is 5.41 Å². The van der Waals surface area contributed by atoms with Gasteiger partial charge in [0.2, 0.25) is 0 Å². The van der Waals surface area contributed by atoms with Gasteiger partial charge in [0.1, 0.15) is 0 Å². The van der Waals surface area contributed by atoms with Gasteiger partial charge < -0.3 is 11.5 Å². The first-order valence-corrected chi connectivity index (χ1v) is 11.8. The Morgan fingerprint density at radius 2 is 1.00 bits per heavy atom. The van der Waals surface area contributed by atoms with E-state index in [1.807, 2.05) is 24.3 Å². The Hall–Kier alpha value is -2.74. The van der Waals surface area contributed by atoms with Gasteiger partial charge in [-0.05, 0) is 72.1 Å². The third-order valence-corrected chi connectivity index (χ3v) is 6.35. The van der Waals surface area contributed by atoms with Crippen LogP contribution < -0.4 is 11.5 Å². The van der Waals surface area contributed by atoms with Crippen LogP contribution in [0.5, 0.6) is 0 Å². The minimum Gasteiger partial charge on any atom is -0.399 e. The van der Waals surface area contributed by atoms with E-state index in [9.17, 15) is 0 Å². The average Bonchev–Trinajstić information content (AvgIpc) is 2.78. The molecule has 2 nitrogen and oxygen atoms in total. The summed E-state index contributed by atoms with van der Waals surface area (Å²) in [6.45, 7) is 2.28. The molecular formula is C29H38N2. The SMILES string of the molecule is CCCCCCCC(Cc1ccccc1)(Cc1ccc(N)cc1)Cc1ccc(N)cc1. The molecule has 0 spiro atoms. The number of unbranched alkanes of at least 4 members (excludes halogenated alkanes) is 4. The predicted molar refractivity (Wildman–Crippen MR) is 135 cm³/mol. The van der Waals surface area contributed by atoms with Gasteiger partial charge in [-0.15, -0.1) is 0 Å². The molecular weight excluding hydrogens is 376 g/mol. The zero-order chi connectivity index (χ0) is 21.9. The standard InChI is InChI=1S/C29H38N2/c1-2-3-4-5-9-20-29(21-24-10-7-6-8-11-24,22-25-12-16-27(30)17-13-25)23-26-14-18-28(31)19-15-26/h6-8,10-19H,2-5,9,20-23,30-31H2,1H3. The Labute approximate surface area is 188 Å². The monoisotopic (exact) mass is 414 g/mol. The molecule has 0 unspecified atom stereocenters. The van der Waals surface area contributed by atoms with Crippen LogP contribution in [0.2, 0.25) is 0 Å². The highest BCUT2D eigenvalue weighted by Gasteiger charge is 2.31. The molecule has 0 heterocycles. The molecule has 0 atom stereocenters. The zero-order valence-electron chi connectivity index (χ0n) is 19.0. The van der Waals surface area contributed by atoms with Crippen LogP contribution in [0.4, 0.5) is 11.4 Å². The van der Waals surface area contributed by atoms with Gasteiger partial charge in [0.15, 0.2) is 0 Å².